The predicted octanol–water partition coefficient (Wildman–Crippen LogP) is 3.59. The first-order chi connectivity index (χ1) is 11.2. The third-order valence-electron chi connectivity index (χ3n) is 3.32. The minimum atomic E-state index is -0.0993. The molecule has 0 saturated carbocycles. The monoisotopic (exact) mass is 325 g/mol. The van der Waals surface area contributed by atoms with Gasteiger partial charge in [0.25, 0.3) is 0 Å². The van der Waals surface area contributed by atoms with Gasteiger partial charge < -0.3 is 10.6 Å². The number of thioether (sulfide) groups is 1. The van der Waals surface area contributed by atoms with Crippen molar-refractivity contribution in [3.63, 3.8) is 0 Å². The summed E-state index contributed by atoms with van der Waals surface area (Å²) in [6, 6.07) is 19.7. The van der Waals surface area contributed by atoms with Gasteiger partial charge in [0, 0.05) is 10.9 Å². The summed E-state index contributed by atoms with van der Waals surface area (Å²) in [5.74, 6) is 0.258. The lowest BCUT2D eigenvalue weighted by molar-refractivity contribution is -0.115. The predicted molar refractivity (Wildman–Crippen MR) is 94.3 cm³/mol. The number of nitriles is 1. The van der Waals surface area contributed by atoms with E-state index in [4.69, 9.17) is 5.26 Å². The standard InChI is InChI=1S/C18H19N3OS/c1-14(15-7-3-2-4-8-15)20-13-18(22)21-16-9-5-6-10-17(16)23-12-11-19/h2-10,14,20H,12-13H2,1H3,(H,21,22)/t14-/m1/s1. The van der Waals surface area contributed by atoms with Crippen LogP contribution in [0.25, 0.3) is 0 Å². The van der Waals surface area contributed by atoms with Crippen molar-refractivity contribution in [1.29, 1.82) is 5.26 Å². The largest absolute Gasteiger partial charge is 0.324 e. The van der Waals surface area contributed by atoms with Crippen LogP contribution in [0.2, 0.25) is 0 Å². The van der Waals surface area contributed by atoms with Gasteiger partial charge in [0.1, 0.15) is 0 Å². The molecular formula is C18H19N3OS. The Morgan fingerprint density at radius 3 is 2.61 bits per heavy atom. The fourth-order valence-corrected chi connectivity index (χ4v) is 2.77. The average Bonchev–Trinajstić information content (AvgIpc) is 2.59. The van der Waals surface area contributed by atoms with Gasteiger partial charge in [-0.15, -0.1) is 11.8 Å². The Morgan fingerprint density at radius 1 is 1.17 bits per heavy atom. The van der Waals surface area contributed by atoms with Crippen molar-refractivity contribution in [2.24, 2.45) is 0 Å². The third-order valence-corrected chi connectivity index (χ3v) is 4.26. The maximum atomic E-state index is 12.1. The molecule has 1 amide bonds. The molecule has 0 aromatic heterocycles. The highest BCUT2D eigenvalue weighted by Gasteiger charge is 2.09. The smallest absolute Gasteiger partial charge is 0.238 e. The second-order valence-corrected chi connectivity index (χ2v) is 6.02. The van der Waals surface area contributed by atoms with Gasteiger partial charge >= 0.3 is 0 Å². The minimum absolute atomic E-state index is 0.0993. The molecule has 2 N–H and O–H groups in total. The van der Waals surface area contributed by atoms with E-state index >= 15 is 0 Å². The van der Waals surface area contributed by atoms with Gasteiger partial charge in [0.05, 0.1) is 24.1 Å². The van der Waals surface area contributed by atoms with Crippen molar-refractivity contribution in [1.82, 2.24) is 5.32 Å². The number of hydrogen-bond acceptors (Lipinski definition) is 4. The van der Waals surface area contributed by atoms with Crippen molar-refractivity contribution in [3.05, 3.63) is 60.2 Å². The van der Waals surface area contributed by atoms with Crippen LogP contribution in [0.5, 0.6) is 0 Å². The molecule has 2 aromatic carbocycles. The van der Waals surface area contributed by atoms with Crippen LogP contribution in [0, 0.1) is 11.3 Å². The van der Waals surface area contributed by atoms with Crippen LogP contribution in [0.15, 0.2) is 59.5 Å². The first-order valence-corrected chi connectivity index (χ1v) is 8.36. The second kappa shape index (κ2) is 8.99. The van der Waals surface area contributed by atoms with Crippen molar-refractivity contribution < 1.29 is 4.79 Å². The summed E-state index contributed by atoms with van der Waals surface area (Å²) in [7, 11) is 0. The normalized spacial score (nSPS) is 11.5. The molecule has 0 aliphatic heterocycles. The van der Waals surface area contributed by atoms with Crippen LogP contribution >= 0.6 is 11.8 Å². The van der Waals surface area contributed by atoms with E-state index in [1.54, 1.807) is 0 Å². The summed E-state index contributed by atoms with van der Waals surface area (Å²) in [6.45, 7) is 2.26. The summed E-state index contributed by atoms with van der Waals surface area (Å²) >= 11 is 1.41. The van der Waals surface area contributed by atoms with Crippen LogP contribution in [0.4, 0.5) is 5.69 Å². The molecule has 5 heteroatoms. The van der Waals surface area contributed by atoms with Crippen LogP contribution in [0.1, 0.15) is 18.5 Å². The Labute approximate surface area is 140 Å². The summed E-state index contributed by atoms with van der Waals surface area (Å²) in [5.41, 5.74) is 1.89. The topological polar surface area (TPSA) is 64.9 Å². The molecule has 0 aliphatic carbocycles. The van der Waals surface area contributed by atoms with E-state index in [0.29, 0.717) is 5.75 Å². The number of carbonyl (C=O) groups is 1. The number of nitrogens with zero attached hydrogens (tertiary/aromatic N) is 1. The SMILES string of the molecule is C[C@@H](NCC(=O)Nc1ccccc1SCC#N)c1ccccc1. The van der Waals surface area contributed by atoms with E-state index in [9.17, 15) is 4.79 Å². The molecule has 0 heterocycles. The molecule has 118 valence electrons. The van der Waals surface area contributed by atoms with E-state index < -0.39 is 0 Å². The number of nitrogens with one attached hydrogen (secondary N) is 2. The Bertz CT molecular complexity index is 682. The fourth-order valence-electron chi connectivity index (χ4n) is 2.11. The van der Waals surface area contributed by atoms with Crippen LogP contribution in [-0.4, -0.2) is 18.2 Å². The average molecular weight is 325 g/mol. The third kappa shape index (κ3) is 5.44. The summed E-state index contributed by atoms with van der Waals surface area (Å²) < 4.78 is 0. The lowest BCUT2D eigenvalue weighted by atomic mass is 10.1. The van der Waals surface area contributed by atoms with Crippen LogP contribution in [-0.2, 0) is 4.79 Å². The second-order valence-electron chi connectivity index (χ2n) is 5.00. The highest BCUT2D eigenvalue weighted by Crippen LogP contribution is 2.26. The molecule has 0 fully saturated rings. The molecule has 4 nitrogen and oxygen atoms in total. The van der Waals surface area contributed by atoms with E-state index in [1.165, 1.54) is 11.8 Å². The molecular weight excluding hydrogens is 306 g/mol. The molecule has 2 aromatic rings. The fraction of sp³-hybridized carbons (Fsp3) is 0.222. The van der Waals surface area contributed by atoms with Crippen LogP contribution in [0.3, 0.4) is 0 Å². The van der Waals surface area contributed by atoms with Gasteiger partial charge in [-0.05, 0) is 24.6 Å². The molecule has 0 unspecified atom stereocenters. The summed E-state index contributed by atoms with van der Waals surface area (Å²) in [5, 5.41) is 14.8. The molecule has 0 spiro atoms. The van der Waals surface area contributed by atoms with E-state index in [0.717, 1.165) is 16.1 Å². The van der Waals surface area contributed by atoms with Crippen molar-refractivity contribution in [2.75, 3.05) is 17.6 Å². The van der Waals surface area contributed by atoms with Gasteiger partial charge in [-0.25, -0.2) is 0 Å². The maximum Gasteiger partial charge on any atom is 0.238 e. The molecule has 0 aliphatic rings. The zero-order chi connectivity index (χ0) is 16.5. The van der Waals surface area contributed by atoms with Gasteiger partial charge in [0.15, 0.2) is 0 Å². The molecule has 1 atom stereocenters. The Hall–Kier alpha value is -2.29. The zero-order valence-corrected chi connectivity index (χ0v) is 13.8. The van der Waals surface area contributed by atoms with E-state index in [1.807, 2.05) is 61.5 Å². The van der Waals surface area contributed by atoms with E-state index in [-0.39, 0.29) is 18.5 Å². The molecule has 0 radical (unpaired) electrons. The minimum Gasteiger partial charge on any atom is -0.324 e. The number of rotatable bonds is 7. The first-order valence-electron chi connectivity index (χ1n) is 7.37. The Morgan fingerprint density at radius 2 is 1.87 bits per heavy atom. The number of para-hydroxylation sites is 1. The number of anilines is 1. The van der Waals surface area contributed by atoms with Gasteiger partial charge in [-0.1, -0.05) is 42.5 Å². The Balaban J connectivity index is 1.89. The Kier molecular flexibility index (Phi) is 6.67. The number of benzene rings is 2. The highest BCUT2D eigenvalue weighted by atomic mass is 32.2. The highest BCUT2D eigenvalue weighted by molar-refractivity contribution is 7.99. The molecule has 0 saturated heterocycles. The van der Waals surface area contributed by atoms with Crippen molar-refractivity contribution >= 4 is 23.4 Å². The molecule has 23 heavy (non-hydrogen) atoms. The van der Waals surface area contributed by atoms with Gasteiger partial charge in [-0.3, -0.25) is 4.79 Å². The quantitative estimate of drug-likeness (QED) is 0.764. The zero-order valence-electron chi connectivity index (χ0n) is 13.0. The summed E-state index contributed by atoms with van der Waals surface area (Å²) in [4.78, 5) is 13.0. The lowest BCUT2D eigenvalue weighted by Gasteiger charge is -2.15. The first kappa shape index (κ1) is 17.1. The number of amides is 1. The van der Waals surface area contributed by atoms with E-state index in [2.05, 4.69) is 16.7 Å². The maximum absolute atomic E-state index is 12.1. The lowest BCUT2D eigenvalue weighted by Crippen LogP contribution is -2.30. The molecule has 0 bridgehead atoms. The number of carbonyl (C=O) groups excluding carboxylic acids is 1. The van der Waals surface area contributed by atoms with Crippen LogP contribution < -0.4 is 10.6 Å². The number of hydrogen-bond donors (Lipinski definition) is 2. The van der Waals surface area contributed by atoms with Gasteiger partial charge in [0.2, 0.25) is 5.91 Å². The van der Waals surface area contributed by atoms with Crippen molar-refractivity contribution in [2.45, 2.75) is 17.9 Å². The van der Waals surface area contributed by atoms with Crippen molar-refractivity contribution in [3.8, 4) is 6.07 Å². The van der Waals surface area contributed by atoms with Gasteiger partial charge in [-0.2, -0.15) is 5.26 Å². The summed E-state index contributed by atoms with van der Waals surface area (Å²) in [6.07, 6.45) is 0. The molecule has 2 rings (SSSR count).